The molecule has 0 fully saturated rings. The Bertz CT molecular complexity index is 573. The van der Waals surface area contributed by atoms with Gasteiger partial charge in [-0.3, -0.25) is 0 Å². The second-order valence-electron chi connectivity index (χ2n) is 3.94. The van der Waals surface area contributed by atoms with E-state index in [2.05, 4.69) is 26.2 Å². The van der Waals surface area contributed by atoms with Crippen LogP contribution in [0.2, 0.25) is 5.02 Å². The lowest BCUT2D eigenvalue weighted by atomic mass is 10.1. The Kier molecular flexibility index (Phi) is 4.71. The second kappa shape index (κ2) is 6.30. The monoisotopic (exact) mass is 346 g/mol. The lowest BCUT2D eigenvalue weighted by Crippen LogP contribution is -2.07. The van der Waals surface area contributed by atoms with Gasteiger partial charge in [0.15, 0.2) is 0 Å². The van der Waals surface area contributed by atoms with Crippen molar-refractivity contribution in [3.05, 3.63) is 57.2 Å². The van der Waals surface area contributed by atoms with Crippen molar-refractivity contribution in [1.29, 1.82) is 0 Å². The minimum absolute atomic E-state index is 0.475. The minimum atomic E-state index is -0.574. The molecule has 100 valence electrons. The third-order valence-corrected chi connectivity index (χ3v) is 3.16. The van der Waals surface area contributed by atoms with Crippen molar-refractivity contribution >= 4 is 33.3 Å². The highest BCUT2D eigenvalue weighted by atomic mass is 79.9. The summed E-state index contributed by atoms with van der Waals surface area (Å²) in [5, 5.41) is 3.50. The molecule has 0 amide bonds. The lowest BCUT2D eigenvalue weighted by molar-refractivity contribution is 0.580. The molecule has 1 aromatic carbocycles. The molecule has 0 aliphatic heterocycles. The van der Waals surface area contributed by atoms with E-state index in [-0.39, 0.29) is 0 Å². The molecule has 6 heteroatoms. The first-order valence-corrected chi connectivity index (χ1v) is 6.71. The van der Waals surface area contributed by atoms with Crippen LogP contribution in [-0.2, 0) is 6.42 Å². The summed E-state index contributed by atoms with van der Waals surface area (Å²) in [6, 6.07) is 5.19. The Hall–Kier alpha value is -1.20. The van der Waals surface area contributed by atoms with Gasteiger partial charge in [-0.15, -0.1) is 0 Å². The average Bonchev–Trinajstić information content (AvgIpc) is 2.30. The van der Waals surface area contributed by atoms with E-state index in [1.54, 1.807) is 12.3 Å². The molecule has 2 aromatic rings. The van der Waals surface area contributed by atoms with E-state index in [1.165, 1.54) is 12.1 Å². The molecule has 0 aliphatic rings. The fraction of sp³-hybridized carbons (Fsp3) is 0.154. The number of hydrogen-bond acceptors (Lipinski definition) is 2. The van der Waals surface area contributed by atoms with Crippen LogP contribution >= 0.6 is 27.5 Å². The van der Waals surface area contributed by atoms with Crippen LogP contribution in [0.25, 0.3) is 0 Å². The lowest BCUT2D eigenvalue weighted by Gasteiger charge is -2.08. The predicted octanol–water partition coefficient (Wildman–Crippen LogP) is 4.43. The van der Waals surface area contributed by atoms with Gasteiger partial charge >= 0.3 is 0 Å². The molecule has 2 rings (SSSR count). The average molecular weight is 348 g/mol. The summed E-state index contributed by atoms with van der Waals surface area (Å²) >= 11 is 9.25. The Balaban J connectivity index is 1.96. The van der Waals surface area contributed by atoms with Gasteiger partial charge in [0.2, 0.25) is 0 Å². The highest BCUT2D eigenvalue weighted by molar-refractivity contribution is 9.10. The van der Waals surface area contributed by atoms with Crippen molar-refractivity contribution in [3.8, 4) is 0 Å². The summed E-state index contributed by atoms with van der Waals surface area (Å²) in [4.78, 5) is 4.11. The van der Waals surface area contributed by atoms with Crippen LogP contribution in [0.4, 0.5) is 14.6 Å². The highest BCUT2D eigenvalue weighted by Gasteiger charge is 2.03. The van der Waals surface area contributed by atoms with E-state index >= 15 is 0 Å². The molecule has 0 spiro atoms. The standard InChI is InChI=1S/C13H10BrClF2N2/c14-9-5-12(15)13(19-7-9)18-2-1-8-3-10(16)6-11(17)4-8/h3-7H,1-2H2,(H,18,19). The zero-order chi connectivity index (χ0) is 13.8. The number of aromatic nitrogens is 1. The largest absolute Gasteiger partial charge is 0.369 e. The molecule has 2 nitrogen and oxygen atoms in total. The zero-order valence-electron chi connectivity index (χ0n) is 9.76. The number of halogens is 4. The minimum Gasteiger partial charge on any atom is -0.369 e. The van der Waals surface area contributed by atoms with Crippen molar-refractivity contribution in [2.45, 2.75) is 6.42 Å². The molecular formula is C13H10BrClF2N2. The molecule has 1 aromatic heterocycles. The van der Waals surface area contributed by atoms with Crippen LogP contribution in [0.15, 0.2) is 34.9 Å². The summed E-state index contributed by atoms with van der Waals surface area (Å²) in [6.45, 7) is 0.483. The van der Waals surface area contributed by atoms with E-state index in [0.29, 0.717) is 29.4 Å². The van der Waals surface area contributed by atoms with Gasteiger partial charge in [0, 0.05) is 23.3 Å². The number of rotatable bonds is 4. The van der Waals surface area contributed by atoms with Crippen molar-refractivity contribution in [2.75, 3.05) is 11.9 Å². The normalized spacial score (nSPS) is 10.5. The molecule has 0 saturated heterocycles. The maximum atomic E-state index is 13.0. The maximum absolute atomic E-state index is 13.0. The summed E-state index contributed by atoms with van der Waals surface area (Å²) in [5.41, 5.74) is 0.582. The van der Waals surface area contributed by atoms with Gasteiger partial charge in [-0.25, -0.2) is 13.8 Å². The SMILES string of the molecule is Fc1cc(F)cc(CCNc2ncc(Br)cc2Cl)c1. The molecule has 1 heterocycles. The molecule has 0 atom stereocenters. The second-order valence-corrected chi connectivity index (χ2v) is 5.26. The van der Waals surface area contributed by atoms with Crippen molar-refractivity contribution in [3.63, 3.8) is 0 Å². The van der Waals surface area contributed by atoms with Gasteiger partial charge in [-0.2, -0.15) is 0 Å². The fourth-order valence-electron chi connectivity index (χ4n) is 1.63. The van der Waals surface area contributed by atoms with Crippen LogP contribution in [0.5, 0.6) is 0 Å². The van der Waals surface area contributed by atoms with Crippen LogP contribution in [0.1, 0.15) is 5.56 Å². The van der Waals surface area contributed by atoms with Gasteiger partial charge in [0.05, 0.1) is 5.02 Å². The summed E-state index contributed by atoms with van der Waals surface area (Å²) in [7, 11) is 0. The first-order valence-electron chi connectivity index (χ1n) is 5.54. The topological polar surface area (TPSA) is 24.9 Å². The zero-order valence-corrected chi connectivity index (χ0v) is 12.1. The quantitative estimate of drug-likeness (QED) is 0.885. The van der Waals surface area contributed by atoms with Crippen molar-refractivity contribution in [2.24, 2.45) is 0 Å². The number of pyridine rings is 1. The van der Waals surface area contributed by atoms with E-state index in [1.807, 2.05) is 0 Å². The van der Waals surface area contributed by atoms with Gasteiger partial charge in [0.1, 0.15) is 17.5 Å². The molecule has 0 bridgehead atoms. The number of benzene rings is 1. The maximum Gasteiger partial charge on any atom is 0.144 e. The fourth-order valence-corrected chi connectivity index (χ4v) is 2.32. The molecule has 0 radical (unpaired) electrons. The molecule has 0 saturated carbocycles. The highest BCUT2D eigenvalue weighted by Crippen LogP contribution is 2.22. The smallest absolute Gasteiger partial charge is 0.144 e. The number of nitrogens with zero attached hydrogens (tertiary/aromatic N) is 1. The van der Waals surface area contributed by atoms with Crippen molar-refractivity contribution in [1.82, 2.24) is 4.98 Å². The van der Waals surface area contributed by atoms with Gasteiger partial charge in [-0.1, -0.05) is 11.6 Å². The van der Waals surface area contributed by atoms with Gasteiger partial charge < -0.3 is 5.32 Å². The molecule has 0 aliphatic carbocycles. The molecule has 1 N–H and O–H groups in total. The van der Waals surface area contributed by atoms with E-state index < -0.39 is 11.6 Å². The number of anilines is 1. The van der Waals surface area contributed by atoms with Gasteiger partial charge in [0.25, 0.3) is 0 Å². The Labute approximate surface area is 122 Å². The van der Waals surface area contributed by atoms with Crippen LogP contribution in [0, 0.1) is 11.6 Å². The first-order chi connectivity index (χ1) is 9.04. The Morgan fingerprint density at radius 2 is 1.84 bits per heavy atom. The van der Waals surface area contributed by atoms with Crippen molar-refractivity contribution < 1.29 is 8.78 Å². The van der Waals surface area contributed by atoms with Crippen LogP contribution in [0.3, 0.4) is 0 Å². The Morgan fingerprint density at radius 1 is 1.16 bits per heavy atom. The van der Waals surface area contributed by atoms with E-state index in [4.69, 9.17) is 11.6 Å². The Morgan fingerprint density at radius 3 is 2.47 bits per heavy atom. The van der Waals surface area contributed by atoms with E-state index in [9.17, 15) is 8.78 Å². The molecule has 19 heavy (non-hydrogen) atoms. The predicted molar refractivity (Wildman–Crippen MR) is 75.5 cm³/mol. The molecular weight excluding hydrogens is 338 g/mol. The first kappa shape index (κ1) is 14.2. The number of nitrogens with one attached hydrogen (secondary N) is 1. The molecule has 0 unspecified atom stereocenters. The van der Waals surface area contributed by atoms with Crippen LogP contribution < -0.4 is 5.32 Å². The summed E-state index contributed by atoms with van der Waals surface area (Å²) < 4.78 is 26.8. The van der Waals surface area contributed by atoms with Crippen LogP contribution in [-0.4, -0.2) is 11.5 Å². The summed E-state index contributed by atoms with van der Waals surface area (Å²) in [6.07, 6.45) is 2.10. The number of hydrogen-bond donors (Lipinski definition) is 1. The third kappa shape index (κ3) is 4.14. The van der Waals surface area contributed by atoms with E-state index in [0.717, 1.165) is 10.5 Å². The summed E-state index contributed by atoms with van der Waals surface area (Å²) in [5.74, 6) is -0.605. The van der Waals surface area contributed by atoms with Gasteiger partial charge in [-0.05, 0) is 46.1 Å². The third-order valence-electron chi connectivity index (χ3n) is 2.44.